The van der Waals surface area contributed by atoms with Crippen LogP contribution in [0.4, 0.5) is 0 Å². The van der Waals surface area contributed by atoms with Crippen molar-refractivity contribution < 1.29 is 0 Å². The predicted molar refractivity (Wildman–Crippen MR) is 108 cm³/mol. The molecule has 0 aliphatic heterocycles. The summed E-state index contributed by atoms with van der Waals surface area (Å²) >= 11 is 6.06. The Morgan fingerprint density at radius 2 is 1.88 bits per heavy atom. The number of allylic oxidation sites excluding steroid dienone is 2. The molecule has 1 nitrogen and oxygen atoms in total. The average molecular weight is 346 g/mol. The molecular weight excluding hydrogens is 314 g/mol. The summed E-state index contributed by atoms with van der Waals surface area (Å²) in [6, 6.07) is 8.69. The monoisotopic (exact) mass is 345 g/mol. The van der Waals surface area contributed by atoms with E-state index in [2.05, 4.69) is 69.8 Å². The first-order valence-electron chi connectivity index (χ1n) is 8.81. The molecule has 132 valence electrons. The second-order valence-corrected chi connectivity index (χ2v) is 7.57. The molecule has 1 aromatic rings. The van der Waals surface area contributed by atoms with Gasteiger partial charge in [-0.15, -0.1) is 12.3 Å². The third-order valence-corrected chi connectivity index (χ3v) is 4.71. The highest BCUT2D eigenvalue weighted by molar-refractivity contribution is 6.30. The fraction of sp³-hybridized carbons (Fsp3) is 0.500. The summed E-state index contributed by atoms with van der Waals surface area (Å²) in [7, 11) is 2.22. The first-order valence-corrected chi connectivity index (χ1v) is 9.19. The van der Waals surface area contributed by atoms with Crippen molar-refractivity contribution in [2.45, 2.75) is 46.1 Å². The highest BCUT2D eigenvalue weighted by Crippen LogP contribution is 2.30. The van der Waals surface area contributed by atoms with Crippen LogP contribution in [0.15, 0.2) is 54.8 Å². The lowest BCUT2D eigenvalue weighted by molar-refractivity contribution is 0.201. The molecule has 0 aliphatic carbocycles. The van der Waals surface area contributed by atoms with E-state index in [1.165, 1.54) is 11.1 Å². The van der Waals surface area contributed by atoms with Gasteiger partial charge in [-0.3, -0.25) is 4.90 Å². The van der Waals surface area contributed by atoms with Crippen molar-refractivity contribution >= 4 is 11.6 Å². The quantitative estimate of drug-likeness (QED) is 0.338. The van der Waals surface area contributed by atoms with Crippen molar-refractivity contribution in [1.82, 2.24) is 4.90 Å². The van der Waals surface area contributed by atoms with Crippen LogP contribution in [0.25, 0.3) is 0 Å². The van der Waals surface area contributed by atoms with Gasteiger partial charge in [0.2, 0.25) is 0 Å². The summed E-state index contributed by atoms with van der Waals surface area (Å²) in [5.41, 5.74) is 5.54. The van der Waals surface area contributed by atoms with E-state index in [0.29, 0.717) is 17.9 Å². The van der Waals surface area contributed by atoms with Crippen LogP contribution >= 0.6 is 11.6 Å². The number of rotatable bonds is 10. The van der Waals surface area contributed by atoms with Crippen LogP contribution in [0, 0.1) is 11.8 Å². The van der Waals surface area contributed by atoms with Gasteiger partial charge in [0, 0.05) is 17.6 Å². The van der Waals surface area contributed by atoms with Crippen molar-refractivity contribution in [2.75, 3.05) is 13.6 Å². The first-order chi connectivity index (χ1) is 11.4. The topological polar surface area (TPSA) is 3.24 Å². The summed E-state index contributed by atoms with van der Waals surface area (Å²) in [4.78, 5) is 2.46. The largest absolute Gasteiger partial charge is 0.299 e. The van der Waals surface area contributed by atoms with Gasteiger partial charge in [-0.25, -0.2) is 0 Å². The van der Waals surface area contributed by atoms with Gasteiger partial charge in [0.1, 0.15) is 0 Å². The minimum atomic E-state index is 0.403. The molecule has 0 aromatic heterocycles. The van der Waals surface area contributed by atoms with Crippen LogP contribution in [0.2, 0.25) is 5.02 Å². The zero-order valence-electron chi connectivity index (χ0n) is 15.7. The SMILES string of the molecule is C=C=C(C)CC(C=C)CCC(c1ccc(Cl)cc1)N(C)CC(C)C. The molecule has 0 aliphatic rings. The van der Waals surface area contributed by atoms with E-state index in [9.17, 15) is 0 Å². The Morgan fingerprint density at radius 1 is 1.25 bits per heavy atom. The van der Waals surface area contributed by atoms with E-state index in [0.717, 1.165) is 30.8 Å². The Labute approximate surface area is 153 Å². The summed E-state index contributed by atoms with van der Waals surface area (Å²) in [5.74, 6) is 1.12. The number of halogens is 1. The Morgan fingerprint density at radius 3 is 2.38 bits per heavy atom. The van der Waals surface area contributed by atoms with Crippen molar-refractivity contribution in [1.29, 1.82) is 0 Å². The second-order valence-electron chi connectivity index (χ2n) is 7.14. The second kappa shape index (κ2) is 10.6. The maximum atomic E-state index is 6.06. The molecule has 0 radical (unpaired) electrons. The number of hydrogen-bond acceptors (Lipinski definition) is 1. The van der Waals surface area contributed by atoms with Crippen LogP contribution < -0.4 is 0 Å². The van der Waals surface area contributed by atoms with Crippen LogP contribution in [0.5, 0.6) is 0 Å². The summed E-state index contributed by atoms with van der Waals surface area (Å²) < 4.78 is 0. The van der Waals surface area contributed by atoms with Gasteiger partial charge in [-0.1, -0.05) is 50.2 Å². The smallest absolute Gasteiger partial charge is 0.0406 e. The van der Waals surface area contributed by atoms with Gasteiger partial charge in [0.25, 0.3) is 0 Å². The highest BCUT2D eigenvalue weighted by atomic mass is 35.5. The Bertz CT molecular complexity index is 552. The van der Waals surface area contributed by atoms with Crippen molar-refractivity contribution in [3.63, 3.8) is 0 Å². The summed E-state index contributed by atoms with van der Waals surface area (Å²) in [5, 5.41) is 0.791. The standard InChI is InChI=1S/C22H32ClN/c1-7-18(5)15-19(8-2)9-14-22(24(6)16-17(3)4)20-10-12-21(23)13-11-20/h8,10-13,17,19,22H,1-2,9,14-16H2,3-6H3. The lowest BCUT2D eigenvalue weighted by atomic mass is 9.91. The molecule has 0 N–H and O–H groups in total. The highest BCUT2D eigenvalue weighted by Gasteiger charge is 2.19. The average Bonchev–Trinajstić information content (AvgIpc) is 2.54. The van der Waals surface area contributed by atoms with Crippen LogP contribution in [0.3, 0.4) is 0 Å². The fourth-order valence-corrected chi connectivity index (χ4v) is 3.30. The van der Waals surface area contributed by atoms with Crippen molar-refractivity contribution in [2.24, 2.45) is 11.8 Å². The molecule has 0 saturated heterocycles. The minimum absolute atomic E-state index is 0.403. The zero-order valence-corrected chi connectivity index (χ0v) is 16.4. The van der Waals surface area contributed by atoms with Gasteiger partial charge in [-0.2, -0.15) is 0 Å². The molecule has 1 aromatic carbocycles. The van der Waals surface area contributed by atoms with Gasteiger partial charge in [0.05, 0.1) is 0 Å². The normalized spacial score (nSPS) is 13.6. The predicted octanol–water partition coefficient (Wildman–Crippen LogP) is 6.67. The molecule has 0 saturated carbocycles. The molecule has 0 heterocycles. The van der Waals surface area contributed by atoms with Gasteiger partial charge >= 0.3 is 0 Å². The molecule has 0 spiro atoms. The van der Waals surface area contributed by atoms with E-state index in [1.807, 2.05) is 12.1 Å². The molecule has 1 rings (SSSR count). The van der Waals surface area contributed by atoms with Gasteiger partial charge in [0.15, 0.2) is 0 Å². The van der Waals surface area contributed by atoms with Gasteiger partial charge < -0.3 is 0 Å². The lowest BCUT2D eigenvalue weighted by Gasteiger charge is -2.31. The summed E-state index contributed by atoms with van der Waals surface area (Å²) in [6.07, 6.45) is 5.28. The molecule has 0 amide bonds. The maximum absolute atomic E-state index is 6.06. The van der Waals surface area contributed by atoms with Gasteiger partial charge in [-0.05, 0) is 68.3 Å². The van der Waals surface area contributed by atoms with E-state index in [-0.39, 0.29) is 0 Å². The lowest BCUT2D eigenvalue weighted by Crippen LogP contribution is -2.28. The third-order valence-electron chi connectivity index (χ3n) is 4.45. The molecule has 0 fully saturated rings. The van der Waals surface area contributed by atoms with E-state index in [4.69, 9.17) is 11.6 Å². The van der Waals surface area contributed by atoms with E-state index >= 15 is 0 Å². The van der Waals surface area contributed by atoms with Crippen molar-refractivity contribution in [3.05, 3.63) is 65.4 Å². The number of hydrogen-bond donors (Lipinski definition) is 0. The molecule has 2 unspecified atom stereocenters. The molecule has 24 heavy (non-hydrogen) atoms. The van der Waals surface area contributed by atoms with E-state index in [1.54, 1.807) is 0 Å². The number of nitrogens with zero attached hydrogens (tertiary/aromatic N) is 1. The third kappa shape index (κ3) is 7.09. The maximum Gasteiger partial charge on any atom is 0.0406 e. The Balaban J connectivity index is 2.86. The van der Waals surface area contributed by atoms with Crippen LogP contribution in [-0.4, -0.2) is 18.5 Å². The Kier molecular flexibility index (Phi) is 9.14. The molecule has 2 atom stereocenters. The van der Waals surface area contributed by atoms with E-state index < -0.39 is 0 Å². The zero-order chi connectivity index (χ0) is 18.1. The number of benzene rings is 1. The van der Waals surface area contributed by atoms with Crippen molar-refractivity contribution in [3.8, 4) is 0 Å². The van der Waals surface area contributed by atoms with Crippen LogP contribution in [0.1, 0.15) is 51.6 Å². The molecule has 0 bridgehead atoms. The molecular formula is C22H32ClN. The summed E-state index contributed by atoms with van der Waals surface area (Å²) in [6.45, 7) is 15.5. The fourth-order valence-electron chi connectivity index (χ4n) is 3.17. The first kappa shape index (κ1) is 20.8. The molecule has 2 heteroatoms. The minimum Gasteiger partial charge on any atom is -0.299 e. The van der Waals surface area contributed by atoms with Crippen LogP contribution in [-0.2, 0) is 0 Å². The Hall–Kier alpha value is -1.27.